The molecule has 5 amide bonds. The molecule has 18 heteroatoms. The van der Waals surface area contributed by atoms with Crippen molar-refractivity contribution >= 4 is 57.8 Å². The molecule has 1 saturated heterocycles. The largest absolute Gasteiger partial charge is 0.375 e. The highest BCUT2D eigenvalue weighted by atomic mass is 32.2. The Bertz CT molecular complexity index is 1480. The summed E-state index contributed by atoms with van der Waals surface area (Å²) in [5.74, 6) is 0.328. The summed E-state index contributed by atoms with van der Waals surface area (Å²) in [5, 5.41) is 15.6. The van der Waals surface area contributed by atoms with E-state index in [1.807, 2.05) is 27.7 Å². The van der Waals surface area contributed by atoms with Crippen molar-refractivity contribution in [2.24, 2.45) is 11.1 Å². The van der Waals surface area contributed by atoms with Crippen molar-refractivity contribution in [2.45, 2.75) is 141 Å². The Morgan fingerprint density at radius 2 is 1.67 bits per heavy atom. The monoisotopic (exact) mass is 883 g/mol. The zero-order valence-electron chi connectivity index (χ0n) is 36.9. The number of ether oxygens (including phenoxy) is 3. The number of hydrogen-bond acceptors (Lipinski definition) is 13. The lowest BCUT2D eigenvalue weighted by Gasteiger charge is -2.29. The fourth-order valence-corrected chi connectivity index (χ4v) is 9.04. The van der Waals surface area contributed by atoms with Crippen LogP contribution in [0.3, 0.4) is 0 Å². The van der Waals surface area contributed by atoms with Crippen LogP contribution in [-0.2, 0) is 51.0 Å². The van der Waals surface area contributed by atoms with Crippen LogP contribution in [0.15, 0.2) is 0 Å². The van der Waals surface area contributed by atoms with E-state index in [9.17, 15) is 24.0 Å². The number of aryl methyl sites for hydroxylation is 1. The Hall–Kier alpha value is -2.87. The molecule has 2 heterocycles. The summed E-state index contributed by atoms with van der Waals surface area (Å²) in [4.78, 5) is 70.8. The van der Waals surface area contributed by atoms with E-state index in [2.05, 4.69) is 38.5 Å². The van der Waals surface area contributed by atoms with Gasteiger partial charge in [0.05, 0.1) is 36.5 Å². The summed E-state index contributed by atoms with van der Waals surface area (Å²) in [5.41, 5.74) is 5.29. The average Bonchev–Trinajstić information content (AvgIpc) is 3.52. The first-order valence-electron chi connectivity index (χ1n) is 22.0. The summed E-state index contributed by atoms with van der Waals surface area (Å²) in [6.45, 7) is 14.1. The van der Waals surface area contributed by atoms with Gasteiger partial charge >= 0.3 is 0 Å². The van der Waals surface area contributed by atoms with Crippen molar-refractivity contribution in [1.29, 1.82) is 0 Å². The molecule has 16 nitrogen and oxygen atoms in total. The van der Waals surface area contributed by atoms with Crippen LogP contribution in [0.4, 0.5) is 5.13 Å². The topological polar surface area (TPSA) is 215 Å². The minimum atomic E-state index is -0.606. The first-order chi connectivity index (χ1) is 28.7. The first kappa shape index (κ1) is 51.5. The minimum absolute atomic E-state index is 0.0102. The number of carbonyl (C=O) groups excluding carboxylic acids is 5. The summed E-state index contributed by atoms with van der Waals surface area (Å²) in [6.07, 6.45) is 10.0. The van der Waals surface area contributed by atoms with E-state index in [0.29, 0.717) is 76.4 Å². The molecule has 342 valence electrons. The molecule has 0 spiro atoms. The van der Waals surface area contributed by atoms with Gasteiger partial charge in [0.2, 0.25) is 29.5 Å². The second kappa shape index (κ2) is 27.9. The number of nitrogens with two attached hydrogens (primary N) is 1. The van der Waals surface area contributed by atoms with Gasteiger partial charge in [0.1, 0.15) is 6.73 Å². The summed E-state index contributed by atoms with van der Waals surface area (Å²) in [7, 11) is 0. The van der Waals surface area contributed by atoms with Gasteiger partial charge in [-0.3, -0.25) is 24.0 Å². The number of aromatic nitrogens is 1. The van der Waals surface area contributed by atoms with E-state index in [0.717, 1.165) is 69.4 Å². The van der Waals surface area contributed by atoms with Crippen molar-refractivity contribution < 1.29 is 38.2 Å². The molecule has 0 saturated carbocycles. The quantitative estimate of drug-likeness (QED) is 0.0480. The van der Waals surface area contributed by atoms with Crippen molar-refractivity contribution in [2.75, 3.05) is 77.1 Å². The molecule has 0 aromatic carbocycles. The number of fused-ring (bicyclic) bond motifs is 1. The van der Waals surface area contributed by atoms with Crippen LogP contribution < -0.4 is 32.3 Å². The van der Waals surface area contributed by atoms with E-state index < -0.39 is 11.0 Å². The lowest BCUT2D eigenvalue weighted by molar-refractivity contribution is -0.134. The number of thiazole rings is 1. The summed E-state index contributed by atoms with van der Waals surface area (Å²) >= 11 is 3.19. The van der Waals surface area contributed by atoms with Crippen molar-refractivity contribution in [3.8, 4) is 0 Å². The first-order valence-corrected chi connectivity index (χ1v) is 23.8. The SMILES string of the molecule is CCCN[C@H]1CCc2nc(NC(=O)CCC(=O)NCCCCCCSC3CCOCN(CCC(=O)NCCC(C)(C)OCCC(C)(C)C(=O)NCCOCN)C3=O)sc2C1. The van der Waals surface area contributed by atoms with E-state index in [4.69, 9.17) is 19.9 Å². The van der Waals surface area contributed by atoms with E-state index in [1.165, 1.54) is 4.88 Å². The maximum atomic E-state index is 13.3. The molecule has 2 aliphatic rings. The molecule has 7 N–H and O–H groups in total. The molecular weight excluding hydrogens is 809 g/mol. The van der Waals surface area contributed by atoms with Crippen LogP contribution in [0.25, 0.3) is 0 Å². The lowest BCUT2D eigenvalue weighted by Crippen LogP contribution is -2.41. The summed E-state index contributed by atoms with van der Waals surface area (Å²) < 4.78 is 16.8. The van der Waals surface area contributed by atoms with Gasteiger partial charge in [0, 0.05) is 68.4 Å². The predicted octanol–water partition coefficient (Wildman–Crippen LogP) is 3.86. The molecule has 2 atom stereocenters. The molecule has 1 fully saturated rings. The van der Waals surface area contributed by atoms with Crippen molar-refractivity contribution in [1.82, 2.24) is 31.2 Å². The molecule has 1 aliphatic carbocycles. The second-order valence-electron chi connectivity index (χ2n) is 16.8. The number of carbonyl (C=O) groups is 5. The van der Waals surface area contributed by atoms with E-state index in [-0.39, 0.29) is 67.5 Å². The zero-order chi connectivity index (χ0) is 43.8. The Balaban J connectivity index is 1.20. The number of anilines is 1. The van der Waals surface area contributed by atoms with Crippen LogP contribution in [0.1, 0.15) is 122 Å². The second-order valence-corrected chi connectivity index (χ2v) is 19.2. The Labute approximate surface area is 366 Å². The number of thioether (sulfide) groups is 1. The molecule has 1 unspecified atom stereocenters. The molecule has 1 aromatic rings. The van der Waals surface area contributed by atoms with Crippen LogP contribution in [-0.4, -0.2) is 128 Å². The normalized spacial score (nSPS) is 17.2. The zero-order valence-corrected chi connectivity index (χ0v) is 38.5. The predicted molar refractivity (Wildman–Crippen MR) is 238 cm³/mol. The molecule has 1 aromatic heterocycles. The van der Waals surface area contributed by atoms with Crippen LogP contribution in [0, 0.1) is 5.41 Å². The van der Waals surface area contributed by atoms with Gasteiger partial charge < -0.3 is 51.4 Å². The van der Waals surface area contributed by atoms with Gasteiger partial charge in [-0.15, -0.1) is 23.1 Å². The number of unbranched alkanes of at least 4 members (excludes halogenated alkanes) is 3. The van der Waals surface area contributed by atoms with Crippen LogP contribution >= 0.6 is 23.1 Å². The van der Waals surface area contributed by atoms with Gasteiger partial charge in [-0.25, -0.2) is 4.98 Å². The van der Waals surface area contributed by atoms with Crippen molar-refractivity contribution in [3.63, 3.8) is 0 Å². The van der Waals surface area contributed by atoms with Crippen LogP contribution in [0.2, 0.25) is 0 Å². The Kier molecular flexibility index (Phi) is 24.0. The molecule has 0 radical (unpaired) electrons. The smallest absolute Gasteiger partial charge is 0.237 e. The number of nitrogens with zero attached hydrogens (tertiary/aromatic N) is 2. The number of amides is 5. The minimum Gasteiger partial charge on any atom is -0.375 e. The molecule has 60 heavy (non-hydrogen) atoms. The van der Waals surface area contributed by atoms with E-state index in [1.54, 1.807) is 28.0 Å². The highest BCUT2D eigenvalue weighted by molar-refractivity contribution is 8.00. The van der Waals surface area contributed by atoms with Gasteiger partial charge in [0.25, 0.3) is 0 Å². The van der Waals surface area contributed by atoms with Gasteiger partial charge in [-0.2, -0.15) is 0 Å². The van der Waals surface area contributed by atoms with Crippen molar-refractivity contribution in [3.05, 3.63) is 10.6 Å². The molecule has 1 aliphatic heterocycles. The third kappa shape index (κ3) is 20.3. The van der Waals surface area contributed by atoms with Gasteiger partial charge in [0.15, 0.2) is 5.13 Å². The Morgan fingerprint density at radius 3 is 2.45 bits per heavy atom. The van der Waals surface area contributed by atoms with E-state index >= 15 is 0 Å². The molecule has 3 rings (SSSR count). The third-order valence-electron chi connectivity index (χ3n) is 10.7. The van der Waals surface area contributed by atoms with Crippen LogP contribution in [0.5, 0.6) is 0 Å². The third-order valence-corrected chi connectivity index (χ3v) is 13.1. The molecule has 0 bridgehead atoms. The van der Waals surface area contributed by atoms with Gasteiger partial charge in [-0.05, 0) is 83.9 Å². The molecular formula is C42H74N8O8S2. The summed E-state index contributed by atoms with van der Waals surface area (Å²) in [6, 6.07) is 0.467. The van der Waals surface area contributed by atoms with Gasteiger partial charge in [-0.1, -0.05) is 33.6 Å². The fraction of sp³-hybridized carbons (Fsp3) is 0.810. The Morgan fingerprint density at radius 1 is 0.917 bits per heavy atom. The highest BCUT2D eigenvalue weighted by Crippen LogP contribution is 2.30. The lowest BCUT2D eigenvalue weighted by atomic mass is 9.88. The standard InChI is InChI=1S/C42H74N8O8S2/c1-6-19-44-31-11-12-32-34(28-31)60-40(48-32)49-37(53)14-13-35(51)45-20-9-7-8-10-27-59-33-16-24-57-30-50(38(33)54)23-15-36(52)46-21-17-42(4,5)58-25-18-41(2,3)39(55)47-22-26-56-29-43/h31,33,44H,6-30,43H2,1-5H3,(H,45,51)(H,46,52)(H,47,55)(H,48,49,53)/t31-,33?/m0/s1. The maximum absolute atomic E-state index is 13.3. The number of rotatable bonds is 30. The highest BCUT2D eigenvalue weighted by Gasteiger charge is 2.30. The number of nitrogens with one attached hydrogen (secondary N) is 5. The maximum Gasteiger partial charge on any atom is 0.237 e. The fourth-order valence-electron chi connectivity index (χ4n) is 6.72. The number of hydrogen-bond donors (Lipinski definition) is 6. The average molecular weight is 883 g/mol.